The maximum atomic E-state index is 12.4. The number of piperazine rings is 1. The second-order valence-corrected chi connectivity index (χ2v) is 7.50. The summed E-state index contributed by atoms with van der Waals surface area (Å²) in [4.78, 5) is 18.8. The van der Waals surface area contributed by atoms with Gasteiger partial charge in [-0.05, 0) is 30.8 Å². The van der Waals surface area contributed by atoms with E-state index in [1.807, 2.05) is 25.2 Å². The van der Waals surface area contributed by atoms with Crippen LogP contribution in [0.5, 0.6) is 0 Å². The Balaban J connectivity index is 1.50. The molecule has 0 spiro atoms. The monoisotopic (exact) mass is 366 g/mol. The molecule has 1 aliphatic heterocycles. The van der Waals surface area contributed by atoms with E-state index in [0.29, 0.717) is 19.1 Å². The molecule has 1 fully saturated rings. The van der Waals surface area contributed by atoms with Gasteiger partial charge in [0.15, 0.2) is 0 Å². The van der Waals surface area contributed by atoms with E-state index in [4.69, 9.17) is 0 Å². The van der Waals surface area contributed by atoms with E-state index in [1.54, 1.807) is 4.90 Å². The van der Waals surface area contributed by atoms with Crippen LogP contribution in [-0.2, 0) is 6.54 Å². The summed E-state index contributed by atoms with van der Waals surface area (Å²) in [7, 11) is 6.10. The Kier molecular flexibility index (Phi) is 6.48. The van der Waals surface area contributed by atoms with Crippen molar-refractivity contribution in [2.24, 2.45) is 0 Å². The first kappa shape index (κ1) is 19.4. The van der Waals surface area contributed by atoms with Crippen LogP contribution in [0.15, 0.2) is 54.6 Å². The molecule has 0 bridgehead atoms. The Morgan fingerprint density at radius 1 is 1.04 bits per heavy atom. The van der Waals surface area contributed by atoms with Crippen molar-refractivity contribution in [3.63, 3.8) is 0 Å². The maximum Gasteiger partial charge on any atom is 0.317 e. The largest absolute Gasteiger partial charge is 0.336 e. The van der Waals surface area contributed by atoms with Gasteiger partial charge < -0.3 is 15.1 Å². The summed E-state index contributed by atoms with van der Waals surface area (Å²) in [6.07, 6.45) is 0. The standard InChI is InChI=1S/C22H30N4O/c1-24-13-14-25(2)21(17-24)15-23-22(27)26(3)16-18-9-11-20(12-10-18)19-7-5-4-6-8-19/h4-12,21H,13-17H2,1-3H3,(H,23,27)/t21-/m0/s1. The molecule has 0 aromatic heterocycles. The molecule has 0 aliphatic carbocycles. The lowest BCUT2D eigenvalue weighted by atomic mass is 10.0. The van der Waals surface area contributed by atoms with Crippen molar-refractivity contribution in [3.05, 3.63) is 60.2 Å². The molecule has 5 heteroatoms. The molecule has 0 saturated carbocycles. The molecule has 5 nitrogen and oxygen atoms in total. The Morgan fingerprint density at radius 2 is 1.70 bits per heavy atom. The number of carbonyl (C=O) groups excluding carboxylic acids is 1. The van der Waals surface area contributed by atoms with Gasteiger partial charge in [-0.25, -0.2) is 4.79 Å². The van der Waals surface area contributed by atoms with Gasteiger partial charge in [0.05, 0.1) is 0 Å². The minimum atomic E-state index is -0.0243. The fourth-order valence-corrected chi connectivity index (χ4v) is 3.44. The van der Waals surface area contributed by atoms with Gasteiger partial charge in [0.2, 0.25) is 0 Å². The lowest BCUT2D eigenvalue weighted by Crippen LogP contribution is -2.55. The Bertz CT molecular complexity index is 732. The van der Waals surface area contributed by atoms with Crippen LogP contribution in [0.1, 0.15) is 5.56 Å². The van der Waals surface area contributed by atoms with Crippen LogP contribution in [0.2, 0.25) is 0 Å². The van der Waals surface area contributed by atoms with Gasteiger partial charge in [-0.3, -0.25) is 4.90 Å². The summed E-state index contributed by atoms with van der Waals surface area (Å²) in [5.74, 6) is 0. The van der Waals surface area contributed by atoms with Crippen molar-refractivity contribution >= 4 is 6.03 Å². The molecular formula is C22H30N4O. The molecule has 1 N–H and O–H groups in total. The number of amides is 2. The van der Waals surface area contributed by atoms with E-state index in [9.17, 15) is 4.79 Å². The van der Waals surface area contributed by atoms with Gasteiger partial charge in [0.1, 0.15) is 0 Å². The minimum Gasteiger partial charge on any atom is -0.336 e. The van der Waals surface area contributed by atoms with Gasteiger partial charge in [-0.1, -0.05) is 54.6 Å². The summed E-state index contributed by atoms with van der Waals surface area (Å²) < 4.78 is 0. The molecule has 2 aromatic carbocycles. The minimum absolute atomic E-state index is 0.0243. The van der Waals surface area contributed by atoms with E-state index in [1.165, 1.54) is 11.1 Å². The molecule has 144 valence electrons. The molecular weight excluding hydrogens is 336 g/mol. The summed E-state index contributed by atoms with van der Waals surface area (Å²) >= 11 is 0. The van der Waals surface area contributed by atoms with Crippen LogP contribution in [0.25, 0.3) is 11.1 Å². The predicted molar refractivity (Wildman–Crippen MR) is 111 cm³/mol. The zero-order valence-electron chi connectivity index (χ0n) is 16.6. The number of hydrogen-bond donors (Lipinski definition) is 1. The molecule has 1 atom stereocenters. The Hall–Kier alpha value is -2.37. The highest BCUT2D eigenvalue weighted by atomic mass is 16.2. The van der Waals surface area contributed by atoms with Gasteiger partial charge in [-0.2, -0.15) is 0 Å². The molecule has 2 aromatic rings. The van der Waals surface area contributed by atoms with Crippen LogP contribution in [0.4, 0.5) is 4.79 Å². The molecule has 1 saturated heterocycles. The number of rotatable bonds is 5. The van der Waals surface area contributed by atoms with Crippen LogP contribution >= 0.6 is 0 Å². The van der Waals surface area contributed by atoms with Crippen LogP contribution < -0.4 is 5.32 Å². The van der Waals surface area contributed by atoms with E-state index in [2.05, 4.69) is 65.6 Å². The highest BCUT2D eigenvalue weighted by Crippen LogP contribution is 2.19. The smallest absolute Gasteiger partial charge is 0.317 e. The number of likely N-dealkylation sites (N-methyl/N-ethyl adjacent to an activating group) is 2. The van der Waals surface area contributed by atoms with Crippen molar-refractivity contribution < 1.29 is 4.79 Å². The van der Waals surface area contributed by atoms with Crippen molar-refractivity contribution in [2.75, 3.05) is 47.3 Å². The topological polar surface area (TPSA) is 38.8 Å². The molecule has 0 radical (unpaired) electrons. The average Bonchev–Trinajstić information content (AvgIpc) is 2.69. The molecule has 3 rings (SSSR count). The SMILES string of the molecule is CN1CCN(C)[C@@H](CNC(=O)N(C)Cc2ccc(-c3ccccc3)cc2)C1. The normalized spacial score (nSPS) is 18.3. The highest BCUT2D eigenvalue weighted by Gasteiger charge is 2.22. The third kappa shape index (κ3) is 5.31. The summed E-state index contributed by atoms with van der Waals surface area (Å²) in [6.45, 7) is 4.39. The Morgan fingerprint density at radius 3 is 2.41 bits per heavy atom. The van der Waals surface area contributed by atoms with E-state index >= 15 is 0 Å². The average molecular weight is 367 g/mol. The molecule has 27 heavy (non-hydrogen) atoms. The third-order valence-electron chi connectivity index (χ3n) is 5.30. The first-order chi connectivity index (χ1) is 13.0. The molecule has 0 unspecified atom stereocenters. The van der Waals surface area contributed by atoms with Crippen molar-refractivity contribution in [3.8, 4) is 11.1 Å². The first-order valence-electron chi connectivity index (χ1n) is 9.55. The maximum absolute atomic E-state index is 12.4. The number of benzene rings is 2. The van der Waals surface area contributed by atoms with Gasteiger partial charge in [-0.15, -0.1) is 0 Å². The van der Waals surface area contributed by atoms with Gasteiger partial charge in [0.25, 0.3) is 0 Å². The number of nitrogens with one attached hydrogen (secondary N) is 1. The Labute approximate surface area is 162 Å². The number of carbonyl (C=O) groups is 1. The van der Waals surface area contributed by atoms with E-state index < -0.39 is 0 Å². The van der Waals surface area contributed by atoms with Crippen molar-refractivity contribution in [1.82, 2.24) is 20.0 Å². The molecule has 1 aliphatic rings. The fourth-order valence-electron chi connectivity index (χ4n) is 3.44. The van der Waals surface area contributed by atoms with Gasteiger partial charge >= 0.3 is 6.03 Å². The lowest BCUT2D eigenvalue weighted by molar-refractivity contribution is 0.113. The van der Waals surface area contributed by atoms with Crippen molar-refractivity contribution in [1.29, 1.82) is 0 Å². The zero-order valence-corrected chi connectivity index (χ0v) is 16.6. The number of nitrogens with zero attached hydrogens (tertiary/aromatic N) is 3. The third-order valence-corrected chi connectivity index (χ3v) is 5.30. The van der Waals surface area contributed by atoms with E-state index in [0.717, 1.165) is 25.2 Å². The second-order valence-electron chi connectivity index (χ2n) is 7.50. The van der Waals surface area contributed by atoms with E-state index in [-0.39, 0.29) is 6.03 Å². The lowest BCUT2D eigenvalue weighted by Gasteiger charge is -2.37. The molecule has 1 heterocycles. The van der Waals surface area contributed by atoms with Crippen LogP contribution in [0.3, 0.4) is 0 Å². The quantitative estimate of drug-likeness (QED) is 0.884. The number of hydrogen-bond acceptors (Lipinski definition) is 3. The fraction of sp³-hybridized carbons (Fsp3) is 0.409. The predicted octanol–water partition coefficient (Wildman–Crippen LogP) is 2.74. The van der Waals surface area contributed by atoms with Crippen LogP contribution in [-0.4, -0.2) is 74.1 Å². The second kappa shape index (κ2) is 9.02. The summed E-state index contributed by atoms with van der Waals surface area (Å²) in [5, 5.41) is 3.08. The van der Waals surface area contributed by atoms with Gasteiger partial charge in [0, 0.05) is 45.8 Å². The summed E-state index contributed by atoms with van der Waals surface area (Å²) in [5.41, 5.74) is 3.52. The molecule has 2 amide bonds. The summed E-state index contributed by atoms with van der Waals surface area (Å²) in [6, 6.07) is 19.1. The highest BCUT2D eigenvalue weighted by molar-refractivity contribution is 5.74. The first-order valence-corrected chi connectivity index (χ1v) is 9.55. The number of urea groups is 1. The van der Waals surface area contributed by atoms with Crippen LogP contribution in [0, 0.1) is 0 Å². The zero-order chi connectivity index (χ0) is 19.2. The van der Waals surface area contributed by atoms with Crippen molar-refractivity contribution in [2.45, 2.75) is 12.6 Å².